The summed E-state index contributed by atoms with van der Waals surface area (Å²) in [5.74, 6) is -1.80. The van der Waals surface area contributed by atoms with Crippen molar-refractivity contribution in [2.75, 3.05) is 6.61 Å². The molecule has 0 aromatic heterocycles. The summed E-state index contributed by atoms with van der Waals surface area (Å²) in [6.45, 7) is -0.650. The minimum Gasteiger partial charge on any atom is -0.480 e. The van der Waals surface area contributed by atoms with Crippen LogP contribution in [-0.4, -0.2) is 34.7 Å². The van der Waals surface area contributed by atoms with Crippen LogP contribution < -0.4 is 5.32 Å². The lowest BCUT2D eigenvalue weighted by molar-refractivity contribution is -0.140. The van der Waals surface area contributed by atoms with Crippen LogP contribution in [0, 0.1) is 0 Å². The standard InChI is InChI=1S/C16H15NO4/c18-10-14(16(20)21)17-15(19)13-8-6-12(7-9-13)11-4-2-1-3-5-11/h1-9,14,18H,10H2,(H,17,19)(H,20,21). The van der Waals surface area contributed by atoms with Gasteiger partial charge in [0, 0.05) is 5.56 Å². The van der Waals surface area contributed by atoms with E-state index in [-0.39, 0.29) is 0 Å². The highest BCUT2D eigenvalue weighted by Gasteiger charge is 2.19. The number of carboxylic acids is 1. The second kappa shape index (κ2) is 6.67. The lowest BCUT2D eigenvalue weighted by Gasteiger charge is -2.11. The van der Waals surface area contributed by atoms with Gasteiger partial charge in [-0.2, -0.15) is 0 Å². The summed E-state index contributed by atoms with van der Waals surface area (Å²) >= 11 is 0. The number of hydrogen-bond donors (Lipinski definition) is 3. The Morgan fingerprint density at radius 1 is 0.952 bits per heavy atom. The van der Waals surface area contributed by atoms with Crippen LogP contribution in [0.2, 0.25) is 0 Å². The van der Waals surface area contributed by atoms with Crippen molar-refractivity contribution in [1.29, 1.82) is 0 Å². The summed E-state index contributed by atoms with van der Waals surface area (Å²) < 4.78 is 0. The minimum atomic E-state index is -1.30. The van der Waals surface area contributed by atoms with E-state index in [0.29, 0.717) is 5.56 Å². The van der Waals surface area contributed by atoms with Crippen LogP contribution in [0.5, 0.6) is 0 Å². The topological polar surface area (TPSA) is 86.6 Å². The number of rotatable bonds is 5. The second-order valence-corrected chi connectivity index (χ2v) is 4.49. The summed E-state index contributed by atoms with van der Waals surface area (Å²) in [7, 11) is 0. The fourth-order valence-electron chi connectivity index (χ4n) is 1.87. The lowest BCUT2D eigenvalue weighted by Crippen LogP contribution is -2.43. The molecule has 2 aromatic rings. The molecule has 21 heavy (non-hydrogen) atoms. The molecule has 5 nitrogen and oxygen atoms in total. The van der Waals surface area contributed by atoms with Crippen molar-refractivity contribution in [3.8, 4) is 11.1 Å². The molecule has 0 aliphatic carbocycles. The van der Waals surface area contributed by atoms with E-state index in [1.165, 1.54) is 0 Å². The summed E-state index contributed by atoms with van der Waals surface area (Å²) in [6.07, 6.45) is 0. The lowest BCUT2D eigenvalue weighted by atomic mass is 10.0. The Balaban J connectivity index is 2.12. The van der Waals surface area contributed by atoms with Gasteiger partial charge in [-0.1, -0.05) is 42.5 Å². The summed E-state index contributed by atoms with van der Waals surface area (Å²) in [4.78, 5) is 22.6. The smallest absolute Gasteiger partial charge is 0.328 e. The van der Waals surface area contributed by atoms with Gasteiger partial charge >= 0.3 is 5.97 Å². The van der Waals surface area contributed by atoms with Gasteiger partial charge in [0.1, 0.15) is 0 Å². The molecule has 0 spiro atoms. The number of carbonyl (C=O) groups excluding carboxylic acids is 1. The maximum absolute atomic E-state index is 11.9. The van der Waals surface area contributed by atoms with Gasteiger partial charge in [0.15, 0.2) is 6.04 Å². The first-order chi connectivity index (χ1) is 10.1. The number of nitrogens with one attached hydrogen (secondary N) is 1. The van der Waals surface area contributed by atoms with Crippen molar-refractivity contribution in [2.45, 2.75) is 6.04 Å². The van der Waals surface area contributed by atoms with E-state index in [1.807, 2.05) is 30.3 Å². The maximum atomic E-state index is 11.9. The zero-order valence-corrected chi connectivity index (χ0v) is 11.2. The van der Waals surface area contributed by atoms with Gasteiger partial charge in [0.2, 0.25) is 0 Å². The molecule has 1 unspecified atom stereocenters. The van der Waals surface area contributed by atoms with E-state index in [4.69, 9.17) is 10.2 Å². The summed E-state index contributed by atoms with van der Waals surface area (Å²) in [5, 5.41) is 19.9. The van der Waals surface area contributed by atoms with Gasteiger partial charge in [0.25, 0.3) is 5.91 Å². The first-order valence-electron chi connectivity index (χ1n) is 6.42. The molecule has 1 amide bonds. The second-order valence-electron chi connectivity index (χ2n) is 4.49. The van der Waals surface area contributed by atoms with E-state index in [2.05, 4.69) is 5.32 Å². The molecule has 1 atom stereocenters. The fraction of sp³-hybridized carbons (Fsp3) is 0.125. The van der Waals surface area contributed by atoms with Crippen LogP contribution in [0.15, 0.2) is 54.6 Å². The predicted octanol–water partition coefficient (Wildman–Crippen LogP) is 1.53. The van der Waals surface area contributed by atoms with Gasteiger partial charge in [-0.05, 0) is 23.3 Å². The normalized spacial score (nSPS) is 11.7. The molecule has 0 aliphatic heterocycles. The highest BCUT2D eigenvalue weighted by atomic mass is 16.4. The predicted molar refractivity (Wildman–Crippen MR) is 77.9 cm³/mol. The molecule has 0 saturated heterocycles. The van der Waals surface area contributed by atoms with Crippen molar-refractivity contribution in [1.82, 2.24) is 5.32 Å². The van der Waals surface area contributed by atoms with Crippen molar-refractivity contribution < 1.29 is 19.8 Å². The molecular weight excluding hydrogens is 270 g/mol. The molecule has 0 fully saturated rings. The van der Waals surface area contributed by atoms with Crippen LogP contribution in [0.4, 0.5) is 0 Å². The van der Waals surface area contributed by atoms with E-state index in [1.54, 1.807) is 24.3 Å². The Morgan fingerprint density at radius 2 is 1.52 bits per heavy atom. The molecule has 3 N–H and O–H groups in total. The molecule has 5 heteroatoms. The molecule has 0 bridgehead atoms. The van der Waals surface area contributed by atoms with Gasteiger partial charge in [-0.3, -0.25) is 4.79 Å². The average Bonchev–Trinajstić information content (AvgIpc) is 2.53. The Morgan fingerprint density at radius 3 is 2.05 bits per heavy atom. The first kappa shape index (κ1) is 14.7. The third-order valence-electron chi connectivity index (χ3n) is 3.04. The van der Waals surface area contributed by atoms with E-state index < -0.39 is 24.5 Å². The molecule has 0 aliphatic rings. The molecule has 2 rings (SSSR count). The summed E-state index contributed by atoms with van der Waals surface area (Å²) in [5.41, 5.74) is 2.33. The molecule has 2 aromatic carbocycles. The van der Waals surface area contributed by atoms with Crippen LogP contribution in [-0.2, 0) is 4.79 Å². The number of aliphatic hydroxyl groups excluding tert-OH is 1. The van der Waals surface area contributed by atoms with Crippen LogP contribution in [0.3, 0.4) is 0 Å². The molecule has 0 heterocycles. The Bertz CT molecular complexity index is 622. The number of aliphatic hydroxyl groups is 1. The Labute approximate surface area is 121 Å². The summed E-state index contributed by atoms with van der Waals surface area (Å²) in [6, 6.07) is 15.2. The van der Waals surface area contributed by atoms with E-state index in [0.717, 1.165) is 11.1 Å². The molecular formula is C16H15NO4. The highest BCUT2D eigenvalue weighted by Crippen LogP contribution is 2.19. The number of hydrogen-bond acceptors (Lipinski definition) is 3. The van der Waals surface area contributed by atoms with Crippen molar-refractivity contribution in [3.05, 3.63) is 60.2 Å². The van der Waals surface area contributed by atoms with E-state index in [9.17, 15) is 9.59 Å². The fourth-order valence-corrected chi connectivity index (χ4v) is 1.87. The average molecular weight is 285 g/mol. The quantitative estimate of drug-likeness (QED) is 0.777. The highest BCUT2D eigenvalue weighted by molar-refractivity contribution is 5.97. The maximum Gasteiger partial charge on any atom is 0.328 e. The Kier molecular flexibility index (Phi) is 4.68. The van der Waals surface area contributed by atoms with Gasteiger partial charge in [-0.15, -0.1) is 0 Å². The van der Waals surface area contributed by atoms with Gasteiger partial charge in [-0.25, -0.2) is 4.79 Å². The SMILES string of the molecule is O=C(NC(CO)C(=O)O)c1ccc(-c2ccccc2)cc1. The number of carboxylic acid groups (broad SMARTS) is 1. The zero-order chi connectivity index (χ0) is 15.2. The van der Waals surface area contributed by atoms with Crippen molar-refractivity contribution in [2.24, 2.45) is 0 Å². The molecule has 0 radical (unpaired) electrons. The monoisotopic (exact) mass is 285 g/mol. The third kappa shape index (κ3) is 3.67. The minimum absolute atomic E-state index is 0.342. The Hall–Kier alpha value is -2.66. The number of aliphatic carboxylic acids is 1. The van der Waals surface area contributed by atoms with Crippen LogP contribution in [0.1, 0.15) is 10.4 Å². The third-order valence-corrected chi connectivity index (χ3v) is 3.04. The van der Waals surface area contributed by atoms with E-state index >= 15 is 0 Å². The number of amides is 1. The first-order valence-corrected chi connectivity index (χ1v) is 6.42. The van der Waals surface area contributed by atoms with Gasteiger partial charge in [0.05, 0.1) is 6.61 Å². The van der Waals surface area contributed by atoms with Gasteiger partial charge < -0.3 is 15.5 Å². The number of carbonyl (C=O) groups is 2. The van der Waals surface area contributed by atoms with Crippen LogP contribution in [0.25, 0.3) is 11.1 Å². The van der Waals surface area contributed by atoms with Crippen molar-refractivity contribution >= 4 is 11.9 Å². The largest absolute Gasteiger partial charge is 0.480 e. The van der Waals surface area contributed by atoms with Crippen molar-refractivity contribution in [3.63, 3.8) is 0 Å². The zero-order valence-electron chi connectivity index (χ0n) is 11.2. The van der Waals surface area contributed by atoms with Crippen LogP contribution >= 0.6 is 0 Å². The molecule has 108 valence electrons. The number of benzene rings is 2. The molecule has 0 saturated carbocycles.